The van der Waals surface area contributed by atoms with Crippen LogP contribution < -0.4 is 0 Å². The van der Waals surface area contributed by atoms with Gasteiger partial charge in [0.15, 0.2) is 0 Å². The second-order valence-corrected chi connectivity index (χ2v) is 7.77. The number of aromatic nitrogens is 4. The lowest BCUT2D eigenvalue weighted by Crippen LogP contribution is -2.41. The van der Waals surface area contributed by atoms with Crippen molar-refractivity contribution in [3.05, 3.63) is 36.2 Å². The maximum absolute atomic E-state index is 13.4. The van der Waals surface area contributed by atoms with Gasteiger partial charge < -0.3 is 19.1 Å². The number of nitrogens with zero attached hydrogens (tertiary/aromatic N) is 6. The van der Waals surface area contributed by atoms with Crippen molar-refractivity contribution in [3.8, 4) is 0 Å². The minimum atomic E-state index is -0.632. The molecule has 9 heteroatoms. The van der Waals surface area contributed by atoms with Crippen LogP contribution in [0, 0.1) is 5.41 Å². The van der Waals surface area contributed by atoms with Crippen molar-refractivity contribution in [3.63, 3.8) is 0 Å². The Balaban J connectivity index is 1.65. The maximum Gasteiger partial charge on any atom is 0.274 e. The van der Waals surface area contributed by atoms with Crippen molar-refractivity contribution in [2.45, 2.75) is 12.3 Å². The number of imidazole rings is 1. The SMILES string of the molecule is COCCN1CC[C@]2(CN(C(=O)c3ccn(C)n3)C[C@@H]2c2cn(C)cn2)C1=O. The van der Waals surface area contributed by atoms with E-state index in [2.05, 4.69) is 10.1 Å². The number of carbonyl (C=O) groups is 2. The molecule has 2 amide bonds. The van der Waals surface area contributed by atoms with Crippen LogP contribution in [0.1, 0.15) is 28.5 Å². The number of ether oxygens (including phenoxy) is 1. The predicted octanol–water partition coefficient (Wildman–Crippen LogP) is 0.258. The van der Waals surface area contributed by atoms with E-state index < -0.39 is 5.41 Å². The molecule has 2 saturated heterocycles. The molecule has 4 heterocycles. The highest BCUT2D eigenvalue weighted by Gasteiger charge is 2.58. The Bertz CT molecular complexity index is 890. The topological polar surface area (TPSA) is 85.5 Å². The average molecular weight is 386 g/mol. The number of hydrogen-bond donors (Lipinski definition) is 0. The van der Waals surface area contributed by atoms with E-state index in [0.29, 0.717) is 44.9 Å². The standard InChI is InChI=1S/C19H26N6O3/c1-22-11-16(20-13-22)14-10-25(17(26)15-4-6-23(2)21-15)12-19(14)5-7-24(18(19)27)8-9-28-3/h4,6,11,13-14H,5,7-10,12H2,1-3H3/t14-,19-/m1/s1. The molecule has 0 aromatic carbocycles. The number of hydrogen-bond acceptors (Lipinski definition) is 5. The van der Waals surface area contributed by atoms with Crippen molar-refractivity contribution in [2.24, 2.45) is 19.5 Å². The van der Waals surface area contributed by atoms with Crippen molar-refractivity contribution >= 4 is 11.8 Å². The molecule has 0 bridgehead atoms. The van der Waals surface area contributed by atoms with Crippen LogP contribution in [0.2, 0.25) is 0 Å². The maximum atomic E-state index is 13.4. The lowest BCUT2D eigenvalue weighted by atomic mass is 9.75. The van der Waals surface area contributed by atoms with E-state index in [1.807, 2.05) is 22.7 Å². The molecule has 2 atom stereocenters. The van der Waals surface area contributed by atoms with Gasteiger partial charge in [0.25, 0.3) is 5.91 Å². The minimum absolute atomic E-state index is 0.0940. The molecule has 0 unspecified atom stereocenters. The van der Waals surface area contributed by atoms with Crippen molar-refractivity contribution in [2.75, 3.05) is 39.9 Å². The molecule has 4 rings (SSSR count). The van der Waals surface area contributed by atoms with Crippen LogP contribution >= 0.6 is 0 Å². The van der Waals surface area contributed by atoms with Crippen molar-refractivity contribution in [1.82, 2.24) is 29.1 Å². The Morgan fingerprint density at radius 2 is 2.21 bits per heavy atom. The highest BCUT2D eigenvalue weighted by molar-refractivity contribution is 5.94. The average Bonchev–Trinajstić information content (AvgIpc) is 3.43. The van der Waals surface area contributed by atoms with Crippen LogP contribution in [0.25, 0.3) is 0 Å². The van der Waals surface area contributed by atoms with Gasteiger partial charge in [-0.15, -0.1) is 0 Å². The summed E-state index contributed by atoms with van der Waals surface area (Å²) < 4.78 is 8.65. The molecule has 0 aliphatic carbocycles. The summed E-state index contributed by atoms with van der Waals surface area (Å²) in [6.45, 7) is 2.62. The third-order valence-electron chi connectivity index (χ3n) is 5.95. The molecule has 2 aliphatic rings. The number of likely N-dealkylation sites (tertiary alicyclic amines) is 2. The number of rotatable bonds is 5. The summed E-state index contributed by atoms with van der Waals surface area (Å²) in [5, 5.41) is 4.24. The van der Waals surface area contributed by atoms with Crippen LogP contribution in [-0.2, 0) is 23.6 Å². The molecule has 2 aromatic heterocycles. The summed E-state index contributed by atoms with van der Waals surface area (Å²) in [4.78, 5) is 34.6. The summed E-state index contributed by atoms with van der Waals surface area (Å²) >= 11 is 0. The molecule has 28 heavy (non-hydrogen) atoms. The first-order valence-electron chi connectivity index (χ1n) is 9.50. The van der Waals surface area contributed by atoms with Gasteiger partial charge in [-0.25, -0.2) is 4.98 Å². The molecule has 2 aromatic rings. The van der Waals surface area contributed by atoms with Crippen LogP contribution in [-0.4, -0.2) is 80.8 Å². The fourth-order valence-corrected chi connectivity index (χ4v) is 4.49. The Labute approximate surface area is 163 Å². The van der Waals surface area contributed by atoms with E-state index in [0.717, 1.165) is 5.69 Å². The lowest BCUT2D eigenvalue weighted by Gasteiger charge is -2.27. The Hall–Kier alpha value is -2.68. The summed E-state index contributed by atoms with van der Waals surface area (Å²) in [7, 11) is 5.33. The Kier molecular flexibility index (Phi) is 4.70. The molecule has 0 radical (unpaired) electrons. The van der Waals surface area contributed by atoms with Gasteiger partial charge in [-0.1, -0.05) is 0 Å². The van der Waals surface area contributed by atoms with Gasteiger partial charge in [0.05, 0.1) is 24.0 Å². The quantitative estimate of drug-likeness (QED) is 0.736. The van der Waals surface area contributed by atoms with Crippen LogP contribution in [0.5, 0.6) is 0 Å². The predicted molar refractivity (Wildman–Crippen MR) is 101 cm³/mol. The summed E-state index contributed by atoms with van der Waals surface area (Å²) in [6, 6.07) is 1.71. The molecule has 0 saturated carbocycles. The fourth-order valence-electron chi connectivity index (χ4n) is 4.49. The summed E-state index contributed by atoms with van der Waals surface area (Å²) in [5.74, 6) is -0.167. The van der Waals surface area contributed by atoms with Crippen LogP contribution in [0.15, 0.2) is 24.8 Å². The number of aryl methyl sites for hydroxylation is 2. The Morgan fingerprint density at radius 3 is 2.86 bits per heavy atom. The number of methoxy groups -OCH3 is 1. The van der Waals surface area contributed by atoms with E-state index >= 15 is 0 Å². The second-order valence-electron chi connectivity index (χ2n) is 7.77. The second kappa shape index (κ2) is 7.05. The van der Waals surface area contributed by atoms with E-state index in [4.69, 9.17) is 4.74 Å². The largest absolute Gasteiger partial charge is 0.383 e. The molecule has 150 valence electrons. The normalized spacial score (nSPS) is 24.7. The molecule has 2 fully saturated rings. The summed E-state index contributed by atoms with van der Waals surface area (Å²) in [6.07, 6.45) is 6.16. The van der Waals surface area contributed by atoms with Gasteiger partial charge in [-0.05, 0) is 12.5 Å². The number of carbonyl (C=O) groups excluding carboxylic acids is 2. The van der Waals surface area contributed by atoms with Gasteiger partial charge in [0.1, 0.15) is 5.69 Å². The first kappa shape index (κ1) is 18.7. The van der Waals surface area contributed by atoms with Crippen LogP contribution in [0.3, 0.4) is 0 Å². The van der Waals surface area contributed by atoms with E-state index in [9.17, 15) is 9.59 Å². The van der Waals surface area contributed by atoms with Gasteiger partial charge in [0, 0.05) is 65.7 Å². The van der Waals surface area contributed by atoms with E-state index in [1.54, 1.807) is 42.3 Å². The van der Waals surface area contributed by atoms with E-state index in [-0.39, 0.29) is 17.7 Å². The van der Waals surface area contributed by atoms with Gasteiger partial charge in [-0.3, -0.25) is 14.3 Å². The zero-order valence-electron chi connectivity index (χ0n) is 16.5. The fraction of sp³-hybridized carbons (Fsp3) is 0.579. The highest BCUT2D eigenvalue weighted by Crippen LogP contribution is 2.49. The van der Waals surface area contributed by atoms with Crippen molar-refractivity contribution < 1.29 is 14.3 Å². The minimum Gasteiger partial charge on any atom is -0.383 e. The Morgan fingerprint density at radius 1 is 1.39 bits per heavy atom. The third kappa shape index (κ3) is 2.99. The highest BCUT2D eigenvalue weighted by atomic mass is 16.5. The molecule has 0 N–H and O–H groups in total. The van der Waals surface area contributed by atoms with Crippen molar-refractivity contribution in [1.29, 1.82) is 0 Å². The summed E-state index contributed by atoms with van der Waals surface area (Å²) in [5.41, 5.74) is 0.633. The number of amides is 2. The smallest absolute Gasteiger partial charge is 0.274 e. The monoisotopic (exact) mass is 386 g/mol. The first-order valence-corrected chi connectivity index (χ1v) is 9.50. The molecular formula is C19H26N6O3. The zero-order chi connectivity index (χ0) is 19.9. The molecule has 2 aliphatic heterocycles. The first-order chi connectivity index (χ1) is 13.4. The zero-order valence-corrected chi connectivity index (χ0v) is 16.5. The lowest BCUT2D eigenvalue weighted by molar-refractivity contribution is -0.136. The molecule has 1 spiro atoms. The molecule has 9 nitrogen and oxygen atoms in total. The van der Waals surface area contributed by atoms with E-state index in [1.165, 1.54) is 0 Å². The van der Waals surface area contributed by atoms with Gasteiger partial charge >= 0.3 is 0 Å². The van der Waals surface area contributed by atoms with Gasteiger partial charge in [0.2, 0.25) is 5.91 Å². The van der Waals surface area contributed by atoms with Crippen LogP contribution in [0.4, 0.5) is 0 Å². The van der Waals surface area contributed by atoms with Gasteiger partial charge in [-0.2, -0.15) is 5.10 Å². The third-order valence-corrected chi connectivity index (χ3v) is 5.95. The molecular weight excluding hydrogens is 360 g/mol.